The van der Waals surface area contributed by atoms with Crippen LogP contribution < -0.4 is 4.74 Å². The third-order valence-electron chi connectivity index (χ3n) is 1.63. The van der Waals surface area contributed by atoms with E-state index in [0.717, 1.165) is 4.47 Å². The molecule has 1 aromatic rings. The largest absolute Gasteiger partial charge is 0.489 e. The molecule has 0 aliphatic carbocycles. The van der Waals surface area contributed by atoms with Crippen molar-refractivity contribution in [2.45, 2.75) is 19.4 Å². The Morgan fingerprint density at radius 2 is 2.21 bits per heavy atom. The lowest BCUT2D eigenvalue weighted by Gasteiger charge is -2.13. The van der Waals surface area contributed by atoms with Crippen molar-refractivity contribution in [2.75, 3.05) is 0 Å². The number of carboxylic acid groups (broad SMARTS) is 1. The summed E-state index contributed by atoms with van der Waals surface area (Å²) in [6, 6.07) is 7.36. The number of halogens is 1. The molecular formula is C10H11BrO3. The van der Waals surface area contributed by atoms with E-state index in [2.05, 4.69) is 15.9 Å². The highest BCUT2D eigenvalue weighted by molar-refractivity contribution is 9.10. The van der Waals surface area contributed by atoms with Crippen LogP contribution in [0.4, 0.5) is 0 Å². The Bertz CT molecular complexity index is 325. The van der Waals surface area contributed by atoms with Gasteiger partial charge in [0.25, 0.3) is 0 Å². The van der Waals surface area contributed by atoms with Crippen LogP contribution in [0.25, 0.3) is 0 Å². The Labute approximate surface area is 90.8 Å². The van der Waals surface area contributed by atoms with Gasteiger partial charge in [-0.2, -0.15) is 0 Å². The number of aliphatic carboxylic acids is 1. The van der Waals surface area contributed by atoms with E-state index in [1.165, 1.54) is 0 Å². The van der Waals surface area contributed by atoms with Crippen LogP contribution in [0.1, 0.15) is 13.3 Å². The number of hydrogen-bond donors (Lipinski definition) is 1. The Morgan fingerprint density at radius 1 is 1.57 bits per heavy atom. The minimum absolute atomic E-state index is 0.00132. The van der Waals surface area contributed by atoms with E-state index in [9.17, 15) is 4.79 Å². The number of carboxylic acids is 1. The zero-order chi connectivity index (χ0) is 10.6. The average Bonchev–Trinajstić information content (AvgIpc) is 2.07. The molecule has 0 aliphatic heterocycles. The van der Waals surface area contributed by atoms with Crippen molar-refractivity contribution in [2.24, 2.45) is 0 Å². The van der Waals surface area contributed by atoms with Crippen molar-refractivity contribution in [3.63, 3.8) is 0 Å². The monoisotopic (exact) mass is 258 g/mol. The molecule has 0 spiro atoms. The van der Waals surface area contributed by atoms with Crippen molar-refractivity contribution in [1.29, 1.82) is 0 Å². The van der Waals surface area contributed by atoms with Gasteiger partial charge >= 0.3 is 5.97 Å². The van der Waals surface area contributed by atoms with Crippen molar-refractivity contribution < 1.29 is 14.6 Å². The SMILES string of the molecule is C[C@@H](CC(=O)O)Oc1ccccc1Br. The summed E-state index contributed by atoms with van der Waals surface area (Å²) in [5, 5.41) is 8.54. The van der Waals surface area contributed by atoms with Crippen LogP contribution in [0.5, 0.6) is 5.75 Å². The molecule has 0 aliphatic rings. The fraction of sp³-hybridized carbons (Fsp3) is 0.300. The van der Waals surface area contributed by atoms with Crippen molar-refractivity contribution in [3.8, 4) is 5.75 Å². The fourth-order valence-electron chi connectivity index (χ4n) is 1.04. The quantitative estimate of drug-likeness (QED) is 0.904. The summed E-state index contributed by atoms with van der Waals surface area (Å²) < 4.78 is 6.26. The van der Waals surface area contributed by atoms with Gasteiger partial charge in [0, 0.05) is 0 Å². The highest BCUT2D eigenvalue weighted by atomic mass is 79.9. The first-order valence-corrected chi connectivity index (χ1v) is 5.02. The first kappa shape index (κ1) is 11.0. The molecule has 0 unspecified atom stereocenters. The van der Waals surface area contributed by atoms with Crippen LogP contribution in [0.2, 0.25) is 0 Å². The van der Waals surface area contributed by atoms with Crippen LogP contribution in [0, 0.1) is 0 Å². The summed E-state index contributed by atoms with van der Waals surface area (Å²) in [6.45, 7) is 1.73. The molecule has 0 saturated carbocycles. The molecule has 0 heterocycles. The van der Waals surface area contributed by atoms with Gasteiger partial charge in [-0.3, -0.25) is 4.79 Å². The Kier molecular flexibility index (Phi) is 3.95. The molecule has 0 aromatic heterocycles. The second kappa shape index (κ2) is 5.00. The maximum absolute atomic E-state index is 10.4. The summed E-state index contributed by atoms with van der Waals surface area (Å²) in [6.07, 6.45) is -0.326. The van der Waals surface area contributed by atoms with E-state index in [4.69, 9.17) is 9.84 Å². The van der Waals surface area contributed by atoms with E-state index in [1.54, 1.807) is 13.0 Å². The van der Waals surface area contributed by atoms with Gasteiger partial charge < -0.3 is 9.84 Å². The van der Waals surface area contributed by atoms with E-state index >= 15 is 0 Å². The van der Waals surface area contributed by atoms with Crippen LogP contribution in [0.15, 0.2) is 28.7 Å². The lowest BCUT2D eigenvalue weighted by atomic mass is 10.3. The Balaban J connectivity index is 2.60. The maximum atomic E-state index is 10.4. The van der Waals surface area contributed by atoms with E-state index in [-0.39, 0.29) is 12.5 Å². The van der Waals surface area contributed by atoms with Crippen LogP contribution in [-0.4, -0.2) is 17.2 Å². The first-order chi connectivity index (χ1) is 6.59. The normalized spacial score (nSPS) is 12.1. The maximum Gasteiger partial charge on any atom is 0.307 e. The van der Waals surface area contributed by atoms with Crippen LogP contribution in [0.3, 0.4) is 0 Å². The zero-order valence-electron chi connectivity index (χ0n) is 7.74. The number of benzene rings is 1. The fourth-order valence-corrected chi connectivity index (χ4v) is 1.42. The van der Waals surface area contributed by atoms with Crippen LogP contribution in [-0.2, 0) is 4.79 Å². The molecule has 76 valence electrons. The van der Waals surface area contributed by atoms with Gasteiger partial charge in [0.05, 0.1) is 10.9 Å². The molecule has 3 nitrogen and oxygen atoms in total. The van der Waals surface area contributed by atoms with Gasteiger partial charge in [-0.05, 0) is 35.0 Å². The van der Waals surface area contributed by atoms with Crippen molar-refractivity contribution in [1.82, 2.24) is 0 Å². The summed E-state index contributed by atoms with van der Waals surface area (Å²) in [5.74, 6) is -0.189. The molecule has 1 rings (SSSR count). The summed E-state index contributed by atoms with van der Waals surface area (Å²) in [7, 11) is 0. The molecule has 1 N–H and O–H groups in total. The lowest BCUT2D eigenvalue weighted by Crippen LogP contribution is -2.16. The van der Waals surface area contributed by atoms with E-state index in [1.807, 2.05) is 18.2 Å². The molecule has 4 heteroatoms. The molecule has 1 aromatic carbocycles. The highest BCUT2D eigenvalue weighted by Crippen LogP contribution is 2.25. The van der Waals surface area contributed by atoms with Crippen LogP contribution >= 0.6 is 15.9 Å². The van der Waals surface area contributed by atoms with Gasteiger partial charge in [0.1, 0.15) is 11.9 Å². The molecule has 0 bridgehead atoms. The molecular weight excluding hydrogens is 248 g/mol. The molecule has 0 saturated heterocycles. The van der Waals surface area contributed by atoms with Gasteiger partial charge in [0.2, 0.25) is 0 Å². The standard InChI is InChI=1S/C10H11BrO3/c1-7(6-10(12)13)14-9-5-3-2-4-8(9)11/h2-5,7H,6H2,1H3,(H,12,13)/t7-/m0/s1. The second-order valence-corrected chi connectivity index (χ2v) is 3.81. The lowest BCUT2D eigenvalue weighted by molar-refractivity contribution is -0.138. The number of para-hydroxylation sites is 1. The smallest absolute Gasteiger partial charge is 0.307 e. The molecule has 0 radical (unpaired) electrons. The molecule has 0 amide bonds. The number of carbonyl (C=O) groups is 1. The predicted molar refractivity (Wildman–Crippen MR) is 56.5 cm³/mol. The summed E-state index contributed by atoms with van der Waals surface area (Å²) in [5.41, 5.74) is 0. The molecule has 1 atom stereocenters. The summed E-state index contributed by atoms with van der Waals surface area (Å²) in [4.78, 5) is 10.4. The number of rotatable bonds is 4. The number of ether oxygens (including phenoxy) is 1. The Morgan fingerprint density at radius 3 is 2.79 bits per heavy atom. The topological polar surface area (TPSA) is 46.5 Å². The predicted octanol–water partition coefficient (Wildman–Crippen LogP) is 2.69. The van der Waals surface area contributed by atoms with Gasteiger partial charge in [-0.25, -0.2) is 0 Å². The van der Waals surface area contributed by atoms with Crippen molar-refractivity contribution >= 4 is 21.9 Å². The molecule has 14 heavy (non-hydrogen) atoms. The van der Waals surface area contributed by atoms with Gasteiger partial charge in [-0.15, -0.1) is 0 Å². The van der Waals surface area contributed by atoms with E-state index < -0.39 is 5.97 Å². The molecule has 0 fully saturated rings. The van der Waals surface area contributed by atoms with Gasteiger partial charge in [0.15, 0.2) is 0 Å². The zero-order valence-corrected chi connectivity index (χ0v) is 9.32. The second-order valence-electron chi connectivity index (χ2n) is 2.96. The average molecular weight is 259 g/mol. The highest BCUT2D eigenvalue weighted by Gasteiger charge is 2.10. The summed E-state index contributed by atoms with van der Waals surface area (Å²) >= 11 is 3.32. The third kappa shape index (κ3) is 3.38. The van der Waals surface area contributed by atoms with Crippen molar-refractivity contribution in [3.05, 3.63) is 28.7 Å². The van der Waals surface area contributed by atoms with Gasteiger partial charge in [-0.1, -0.05) is 12.1 Å². The minimum Gasteiger partial charge on any atom is -0.489 e. The van der Waals surface area contributed by atoms with E-state index in [0.29, 0.717) is 5.75 Å². The number of hydrogen-bond acceptors (Lipinski definition) is 2. The third-order valence-corrected chi connectivity index (χ3v) is 2.28. The first-order valence-electron chi connectivity index (χ1n) is 4.22. The minimum atomic E-state index is -0.857. The Hall–Kier alpha value is -1.03.